The van der Waals surface area contributed by atoms with Crippen molar-refractivity contribution >= 4 is 43.1 Å². The molecule has 0 radical (unpaired) electrons. The Kier molecular flexibility index (Phi) is 10.3. The third-order valence-corrected chi connectivity index (χ3v) is 11.6. The predicted octanol–water partition coefficient (Wildman–Crippen LogP) is 16.6. The first kappa shape index (κ1) is 38.2. The molecule has 0 spiro atoms. The Morgan fingerprint density at radius 2 is 0.623 bits per heavy atom. The summed E-state index contributed by atoms with van der Waals surface area (Å²) in [5, 5.41) is 10.0. The molecule has 3 heteroatoms. The van der Waals surface area contributed by atoms with Crippen LogP contribution in [0.25, 0.3) is 111 Å². The molecule has 0 saturated carbocycles. The molecule has 0 aliphatic carbocycles. The molecule has 12 aromatic rings. The molecule has 0 unspecified atom stereocenters. The van der Waals surface area contributed by atoms with Gasteiger partial charge in [-0.1, -0.05) is 192 Å². The molecule has 2 nitrogen and oxygen atoms in total. The topological polar surface area (TPSA) is 26.3 Å². The molecule has 0 aliphatic rings. The summed E-state index contributed by atoms with van der Waals surface area (Å²) in [5.41, 5.74) is 9.45. The van der Waals surface area contributed by atoms with Crippen LogP contribution in [0, 0.1) is 0 Å². The van der Waals surface area contributed by atoms with E-state index in [4.69, 9.17) is 8.83 Å². The van der Waals surface area contributed by atoms with Gasteiger partial charge in [0, 0.05) is 11.1 Å². The summed E-state index contributed by atoms with van der Waals surface area (Å²) in [6.07, 6.45) is 0. The van der Waals surface area contributed by atoms with Gasteiger partial charge in [0.2, 0.25) is 0 Å². The molecule has 10 aromatic carbocycles. The monoisotopic (exact) mass is 856 g/mol. The maximum atomic E-state index is 6.20. The number of hydrogen-bond acceptors (Lipinski definition) is 2. The van der Waals surface area contributed by atoms with Crippen LogP contribution in [-0.4, -0.2) is 0 Å². The normalized spacial score (nSPS) is 11.1. The van der Waals surface area contributed by atoms with Crippen LogP contribution in [0.3, 0.4) is 0 Å². The average molecular weight is 858 g/mol. The van der Waals surface area contributed by atoms with Crippen LogP contribution < -0.4 is 0 Å². The van der Waals surface area contributed by atoms with E-state index in [-0.39, 0.29) is 26.2 Å². The number of rotatable bonds is 6. The molecular formula is C58H38O2Zr. The second kappa shape index (κ2) is 16.5. The van der Waals surface area contributed by atoms with Gasteiger partial charge in [-0.2, -0.15) is 0 Å². The molecule has 2 heterocycles. The van der Waals surface area contributed by atoms with Gasteiger partial charge in [0.15, 0.2) is 0 Å². The van der Waals surface area contributed by atoms with Crippen molar-refractivity contribution in [3.05, 3.63) is 231 Å². The molecule has 2 aromatic heterocycles. The first-order valence-corrected chi connectivity index (χ1v) is 20.4. The molecule has 0 aliphatic heterocycles. The van der Waals surface area contributed by atoms with Crippen molar-refractivity contribution in [1.82, 2.24) is 0 Å². The second-order valence-electron chi connectivity index (χ2n) is 15.2. The van der Waals surface area contributed by atoms with Crippen molar-refractivity contribution in [3.8, 4) is 67.5 Å². The standard InChI is InChI=1S/2C29H19O.Zr/c2*1-2-9-21(10-3-1)28-16-17-29(30-28)23-18-22-12-7-15-26(27(22)19-23)25-14-6-11-20-8-4-5-13-24(20)25;/h2*1-19H;/q2*-1;+2. The van der Waals surface area contributed by atoms with E-state index in [0.29, 0.717) is 0 Å². The maximum absolute atomic E-state index is 6.20. The fourth-order valence-corrected chi connectivity index (χ4v) is 8.65. The van der Waals surface area contributed by atoms with E-state index in [9.17, 15) is 0 Å². The van der Waals surface area contributed by atoms with Gasteiger partial charge >= 0.3 is 26.2 Å². The van der Waals surface area contributed by atoms with Crippen LogP contribution in [0.4, 0.5) is 0 Å². The van der Waals surface area contributed by atoms with Gasteiger partial charge in [0.25, 0.3) is 0 Å². The fourth-order valence-electron chi connectivity index (χ4n) is 8.65. The van der Waals surface area contributed by atoms with Crippen molar-refractivity contribution < 1.29 is 35.0 Å². The van der Waals surface area contributed by atoms with Gasteiger partial charge in [-0.25, -0.2) is 0 Å². The van der Waals surface area contributed by atoms with Crippen LogP contribution in [-0.2, 0) is 26.2 Å². The van der Waals surface area contributed by atoms with E-state index < -0.39 is 0 Å². The summed E-state index contributed by atoms with van der Waals surface area (Å²) in [6, 6.07) is 80.9. The predicted molar refractivity (Wildman–Crippen MR) is 251 cm³/mol. The number of fused-ring (bicyclic) bond motifs is 4. The number of benzene rings is 8. The first-order valence-electron chi connectivity index (χ1n) is 20.4. The summed E-state index contributed by atoms with van der Waals surface area (Å²) >= 11 is 0. The summed E-state index contributed by atoms with van der Waals surface area (Å²) in [5.74, 6) is 3.58. The van der Waals surface area contributed by atoms with E-state index in [2.05, 4.69) is 182 Å². The number of furan rings is 2. The van der Waals surface area contributed by atoms with Crippen LogP contribution >= 0.6 is 0 Å². The Morgan fingerprint density at radius 3 is 1.07 bits per heavy atom. The quantitative estimate of drug-likeness (QED) is 0.156. The van der Waals surface area contributed by atoms with E-state index in [1.54, 1.807) is 0 Å². The molecule has 0 amide bonds. The Bertz CT molecular complexity index is 3190. The van der Waals surface area contributed by atoms with Crippen molar-refractivity contribution in [2.45, 2.75) is 0 Å². The average Bonchev–Trinajstić information content (AvgIpc) is 4.16. The van der Waals surface area contributed by atoms with Gasteiger partial charge < -0.3 is 8.83 Å². The third kappa shape index (κ3) is 7.33. The van der Waals surface area contributed by atoms with Gasteiger partial charge in [0.05, 0.1) is 11.5 Å². The van der Waals surface area contributed by atoms with E-state index in [0.717, 1.165) is 45.3 Å². The van der Waals surface area contributed by atoms with Gasteiger partial charge in [0.1, 0.15) is 11.5 Å². The van der Waals surface area contributed by atoms with Crippen molar-refractivity contribution in [1.29, 1.82) is 0 Å². The van der Waals surface area contributed by atoms with Gasteiger partial charge in [-0.15, -0.1) is 57.9 Å². The van der Waals surface area contributed by atoms with Crippen LogP contribution in [0.1, 0.15) is 0 Å². The molecule has 0 saturated heterocycles. The first-order chi connectivity index (χ1) is 29.7. The molecule has 0 atom stereocenters. The van der Waals surface area contributed by atoms with Crippen molar-refractivity contribution in [3.63, 3.8) is 0 Å². The Balaban J connectivity index is 0.000000144. The van der Waals surface area contributed by atoms with Crippen molar-refractivity contribution in [2.24, 2.45) is 0 Å². The van der Waals surface area contributed by atoms with E-state index in [1.807, 2.05) is 48.5 Å². The van der Waals surface area contributed by atoms with Crippen molar-refractivity contribution in [2.75, 3.05) is 0 Å². The molecule has 286 valence electrons. The molecule has 0 fully saturated rings. The van der Waals surface area contributed by atoms with Gasteiger partial charge in [-0.05, 0) is 56.9 Å². The van der Waals surface area contributed by atoms with Crippen LogP contribution in [0.15, 0.2) is 239 Å². The Hall–Kier alpha value is -7.06. The van der Waals surface area contributed by atoms with E-state index in [1.165, 1.54) is 65.3 Å². The zero-order valence-corrected chi connectivity index (χ0v) is 35.7. The molecular weight excluding hydrogens is 820 g/mol. The molecule has 0 N–H and O–H groups in total. The SMILES string of the molecule is [Zr+2].c1ccc(-c2ccc(-c3cc4c(-c5cccc6ccccc56)cccc4[cH-]3)o2)cc1.c1ccc(-c2ccc(-c3cc4c(-c5cccc6ccccc56)cccc4[cH-]3)o2)cc1. The maximum Gasteiger partial charge on any atom is 2.00 e. The summed E-state index contributed by atoms with van der Waals surface area (Å²) in [7, 11) is 0. The minimum absolute atomic E-state index is 0. The fraction of sp³-hybridized carbons (Fsp3) is 0. The minimum atomic E-state index is 0. The van der Waals surface area contributed by atoms with Gasteiger partial charge in [-0.3, -0.25) is 0 Å². The summed E-state index contributed by atoms with van der Waals surface area (Å²) in [6.45, 7) is 0. The summed E-state index contributed by atoms with van der Waals surface area (Å²) < 4.78 is 12.4. The van der Waals surface area contributed by atoms with Crippen LogP contribution in [0.5, 0.6) is 0 Å². The molecule has 61 heavy (non-hydrogen) atoms. The molecule has 0 bridgehead atoms. The zero-order chi connectivity index (χ0) is 39.8. The Morgan fingerprint density at radius 1 is 0.279 bits per heavy atom. The largest absolute Gasteiger partial charge is 2.00 e. The zero-order valence-electron chi connectivity index (χ0n) is 33.3. The Labute approximate surface area is 373 Å². The minimum Gasteiger partial charge on any atom is -0.491 e. The third-order valence-electron chi connectivity index (χ3n) is 11.6. The molecule has 12 rings (SSSR count). The number of hydrogen-bond donors (Lipinski definition) is 0. The smallest absolute Gasteiger partial charge is 0.491 e. The van der Waals surface area contributed by atoms with Crippen LogP contribution in [0.2, 0.25) is 0 Å². The summed E-state index contributed by atoms with van der Waals surface area (Å²) in [4.78, 5) is 0. The van der Waals surface area contributed by atoms with E-state index >= 15 is 0 Å². The second-order valence-corrected chi connectivity index (χ2v) is 15.2.